The molecule has 2 rings (SSSR count). The van der Waals surface area contributed by atoms with Crippen molar-refractivity contribution in [1.29, 1.82) is 5.41 Å². The Morgan fingerprint density at radius 3 is 2.44 bits per heavy atom. The van der Waals surface area contributed by atoms with Crippen LogP contribution in [-0.2, 0) is 0 Å². The van der Waals surface area contributed by atoms with E-state index >= 15 is 0 Å². The number of nitrogens with one attached hydrogen (secondary N) is 1. The average molecular weight is 230 g/mol. The Bertz CT molecular complexity index is 472. The third-order valence-electron chi connectivity index (χ3n) is 2.73. The maximum absolute atomic E-state index is 7.40. The van der Waals surface area contributed by atoms with E-state index in [2.05, 4.69) is 24.8 Å². The van der Waals surface area contributed by atoms with E-state index in [1.165, 1.54) is 11.1 Å². The fourth-order valence-corrected chi connectivity index (χ4v) is 2.25. The Morgan fingerprint density at radius 1 is 1.19 bits per heavy atom. The molecule has 0 unspecified atom stereocenters. The SMILES string of the molecule is N=C(N)C1=CC(S)=C(c2ccccc2)CC1. The first-order chi connectivity index (χ1) is 7.68. The normalized spacial score (nSPS) is 15.9. The molecule has 0 aliphatic heterocycles. The number of amidine groups is 1. The highest BCUT2D eigenvalue weighted by Crippen LogP contribution is 2.32. The summed E-state index contributed by atoms with van der Waals surface area (Å²) < 4.78 is 0. The number of thiol groups is 1. The van der Waals surface area contributed by atoms with Crippen LogP contribution in [0.3, 0.4) is 0 Å². The van der Waals surface area contributed by atoms with E-state index in [9.17, 15) is 0 Å². The van der Waals surface area contributed by atoms with Gasteiger partial charge in [0.2, 0.25) is 0 Å². The number of nitrogens with two attached hydrogens (primary N) is 1. The molecule has 0 atom stereocenters. The molecule has 1 aliphatic carbocycles. The summed E-state index contributed by atoms with van der Waals surface area (Å²) in [7, 11) is 0. The largest absolute Gasteiger partial charge is 0.384 e. The molecule has 1 aliphatic rings. The van der Waals surface area contributed by atoms with Gasteiger partial charge in [0, 0.05) is 4.91 Å². The Balaban J connectivity index is 2.38. The second kappa shape index (κ2) is 4.58. The molecule has 3 N–H and O–H groups in total. The van der Waals surface area contributed by atoms with Crippen molar-refractivity contribution >= 4 is 24.0 Å². The zero-order valence-electron chi connectivity index (χ0n) is 8.90. The van der Waals surface area contributed by atoms with Gasteiger partial charge in [-0.2, -0.15) is 0 Å². The molecule has 0 spiro atoms. The summed E-state index contributed by atoms with van der Waals surface area (Å²) in [4.78, 5) is 0.919. The Morgan fingerprint density at radius 2 is 1.88 bits per heavy atom. The van der Waals surface area contributed by atoms with Crippen molar-refractivity contribution in [3.8, 4) is 0 Å². The highest BCUT2D eigenvalue weighted by Gasteiger charge is 2.14. The van der Waals surface area contributed by atoms with Gasteiger partial charge < -0.3 is 5.73 Å². The number of benzene rings is 1. The van der Waals surface area contributed by atoms with Gasteiger partial charge in [0.25, 0.3) is 0 Å². The minimum absolute atomic E-state index is 0.152. The van der Waals surface area contributed by atoms with E-state index in [4.69, 9.17) is 11.1 Å². The van der Waals surface area contributed by atoms with E-state index in [-0.39, 0.29) is 5.84 Å². The minimum atomic E-state index is 0.152. The second-order valence-electron chi connectivity index (χ2n) is 3.81. The van der Waals surface area contributed by atoms with E-state index in [1.54, 1.807) is 0 Å². The van der Waals surface area contributed by atoms with E-state index < -0.39 is 0 Å². The van der Waals surface area contributed by atoms with Crippen molar-refractivity contribution in [1.82, 2.24) is 0 Å². The van der Waals surface area contributed by atoms with Gasteiger partial charge in [0.05, 0.1) is 0 Å². The highest BCUT2D eigenvalue weighted by atomic mass is 32.1. The maximum atomic E-state index is 7.40. The van der Waals surface area contributed by atoms with Gasteiger partial charge in [-0.3, -0.25) is 5.41 Å². The van der Waals surface area contributed by atoms with Gasteiger partial charge >= 0.3 is 0 Å². The molecule has 0 radical (unpaired) electrons. The van der Waals surface area contributed by atoms with E-state index in [0.29, 0.717) is 0 Å². The van der Waals surface area contributed by atoms with Crippen LogP contribution in [0, 0.1) is 5.41 Å². The maximum Gasteiger partial charge on any atom is 0.118 e. The summed E-state index contributed by atoms with van der Waals surface area (Å²) in [6.07, 6.45) is 3.62. The molecule has 1 aromatic carbocycles. The lowest BCUT2D eigenvalue weighted by Crippen LogP contribution is -2.14. The molecule has 0 amide bonds. The molecule has 0 heterocycles. The first-order valence-corrected chi connectivity index (χ1v) is 5.65. The van der Waals surface area contributed by atoms with Crippen molar-refractivity contribution in [2.45, 2.75) is 12.8 Å². The second-order valence-corrected chi connectivity index (χ2v) is 4.29. The van der Waals surface area contributed by atoms with Gasteiger partial charge in [-0.25, -0.2) is 0 Å². The van der Waals surface area contributed by atoms with Crippen molar-refractivity contribution in [3.63, 3.8) is 0 Å². The molecule has 16 heavy (non-hydrogen) atoms. The fraction of sp³-hybridized carbons (Fsp3) is 0.154. The summed E-state index contributed by atoms with van der Waals surface area (Å²) in [5.74, 6) is 0.152. The lowest BCUT2D eigenvalue weighted by atomic mass is 9.93. The molecule has 0 saturated heterocycles. The van der Waals surface area contributed by atoms with Gasteiger partial charge in [-0.15, -0.1) is 12.6 Å². The molecular formula is C13H14N2S. The van der Waals surface area contributed by atoms with Gasteiger partial charge in [0.1, 0.15) is 5.84 Å². The molecule has 2 nitrogen and oxygen atoms in total. The van der Waals surface area contributed by atoms with Crippen molar-refractivity contribution in [2.75, 3.05) is 0 Å². The Labute approximate surface area is 101 Å². The zero-order valence-corrected chi connectivity index (χ0v) is 9.80. The molecular weight excluding hydrogens is 216 g/mol. The zero-order chi connectivity index (χ0) is 11.5. The minimum Gasteiger partial charge on any atom is -0.384 e. The molecule has 0 bridgehead atoms. The van der Waals surface area contributed by atoms with Gasteiger partial charge in [-0.1, -0.05) is 30.3 Å². The third kappa shape index (κ3) is 2.19. The number of allylic oxidation sites excluding steroid dienone is 2. The molecule has 0 saturated carbocycles. The van der Waals surface area contributed by atoms with Crippen molar-refractivity contribution < 1.29 is 0 Å². The first-order valence-electron chi connectivity index (χ1n) is 5.21. The number of hydrogen-bond acceptors (Lipinski definition) is 2. The van der Waals surface area contributed by atoms with Crippen molar-refractivity contribution in [3.05, 3.63) is 52.4 Å². The fourth-order valence-electron chi connectivity index (χ4n) is 1.86. The van der Waals surface area contributed by atoms with Crippen LogP contribution in [-0.4, -0.2) is 5.84 Å². The standard InChI is InChI=1S/C13H14N2S/c14-13(15)10-6-7-11(12(16)8-10)9-4-2-1-3-5-9/h1-5,8,16H,6-7H2,(H3,14,15). The predicted octanol–water partition coefficient (Wildman–Crippen LogP) is 2.98. The van der Waals surface area contributed by atoms with Crippen molar-refractivity contribution in [2.24, 2.45) is 5.73 Å². The van der Waals surface area contributed by atoms with Crippen LogP contribution in [0.4, 0.5) is 0 Å². The van der Waals surface area contributed by atoms with Crippen LogP contribution in [0.15, 0.2) is 46.9 Å². The summed E-state index contributed by atoms with van der Waals surface area (Å²) in [5.41, 5.74) is 8.78. The predicted molar refractivity (Wildman–Crippen MR) is 71.6 cm³/mol. The topological polar surface area (TPSA) is 49.9 Å². The van der Waals surface area contributed by atoms with Crippen LogP contribution >= 0.6 is 12.6 Å². The molecule has 0 fully saturated rings. The summed E-state index contributed by atoms with van der Waals surface area (Å²) in [5, 5.41) is 7.40. The molecule has 0 aromatic heterocycles. The highest BCUT2D eigenvalue weighted by molar-refractivity contribution is 7.85. The first kappa shape index (κ1) is 11.0. The Hall–Kier alpha value is -1.48. The number of rotatable bonds is 2. The number of hydrogen-bond donors (Lipinski definition) is 3. The van der Waals surface area contributed by atoms with Crippen LogP contribution in [0.2, 0.25) is 0 Å². The quantitative estimate of drug-likeness (QED) is 0.408. The van der Waals surface area contributed by atoms with Crippen LogP contribution in [0.25, 0.3) is 5.57 Å². The van der Waals surface area contributed by atoms with E-state index in [1.807, 2.05) is 24.3 Å². The van der Waals surface area contributed by atoms with Crippen LogP contribution in [0.5, 0.6) is 0 Å². The van der Waals surface area contributed by atoms with Gasteiger partial charge in [0.15, 0.2) is 0 Å². The summed E-state index contributed by atoms with van der Waals surface area (Å²) in [6, 6.07) is 10.2. The van der Waals surface area contributed by atoms with Crippen LogP contribution < -0.4 is 5.73 Å². The van der Waals surface area contributed by atoms with Gasteiger partial charge in [-0.05, 0) is 35.6 Å². The lowest BCUT2D eigenvalue weighted by molar-refractivity contribution is 1.01. The summed E-state index contributed by atoms with van der Waals surface area (Å²) >= 11 is 4.47. The smallest absolute Gasteiger partial charge is 0.118 e. The molecule has 1 aromatic rings. The molecule has 3 heteroatoms. The molecule has 82 valence electrons. The lowest BCUT2D eigenvalue weighted by Gasteiger charge is -2.17. The average Bonchev–Trinajstić information content (AvgIpc) is 2.30. The third-order valence-corrected chi connectivity index (χ3v) is 3.13. The van der Waals surface area contributed by atoms with E-state index in [0.717, 1.165) is 23.3 Å². The monoisotopic (exact) mass is 230 g/mol. The Kier molecular flexibility index (Phi) is 3.15. The summed E-state index contributed by atoms with van der Waals surface area (Å²) in [6.45, 7) is 0. The van der Waals surface area contributed by atoms with Crippen LogP contribution in [0.1, 0.15) is 18.4 Å².